The van der Waals surface area contributed by atoms with Gasteiger partial charge in [0.1, 0.15) is 4.34 Å². The summed E-state index contributed by atoms with van der Waals surface area (Å²) in [6.07, 6.45) is 7.68. The zero-order valence-corrected chi connectivity index (χ0v) is 12.3. The summed E-state index contributed by atoms with van der Waals surface area (Å²) in [6.45, 7) is 0. The highest BCUT2D eigenvalue weighted by atomic mass is 35.5. The van der Waals surface area contributed by atoms with E-state index in [2.05, 4.69) is 0 Å². The second-order valence-corrected chi connectivity index (χ2v) is 8.28. The van der Waals surface area contributed by atoms with Crippen molar-refractivity contribution < 1.29 is 9.90 Å². The zero-order valence-electron chi connectivity index (χ0n) is 10.7. The SMILES string of the molecule is O=C(O)c1c(C23CC4CC(CC(C4)C2)C3)csc1Cl. The third-order valence-electron chi connectivity index (χ3n) is 5.57. The van der Waals surface area contributed by atoms with Gasteiger partial charge >= 0.3 is 5.97 Å². The van der Waals surface area contributed by atoms with Gasteiger partial charge in [-0.05, 0) is 72.6 Å². The van der Waals surface area contributed by atoms with Crippen LogP contribution < -0.4 is 0 Å². The molecule has 0 aromatic carbocycles. The molecule has 0 aliphatic heterocycles. The summed E-state index contributed by atoms with van der Waals surface area (Å²) in [5.74, 6) is 1.63. The van der Waals surface area contributed by atoms with E-state index < -0.39 is 5.97 Å². The fraction of sp³-hybridized carbons (Fsp3) is 0.667. The van der Waals surface area contributed by atoms with Crippen LogP contribution in [0.4, 0.5) is 0 Å². The van der Waals surface area contributed by atoms with Crippen molar-refractivity contribution in [1.82, 2.24) is 0 Å². The quantitative estimate of drug-likeness (QED) is 0.868. The van der Waals surface area contributed by atoms with Crippen LogP contribution in [-0.2, 0) is 5.41 Å². The Balaban J connectivity index is 1.82. The normalized spacial score (nSPS) is 39.7. The predicted octanol–water partition coefficient (Wildman–Crippen LogP) is 4.57. The molecule has 1 aromatic rings. The molecule has 1 N–H and O–H groups in total. The molecular weight excluding hydrogens is 280 g/mol. The van der Waals surface area contributed by atoms with Crippen LogP contribution in [0.2, 0.25) is 4.34 Å². The van der Waals surface area contributed by atoms with Crippen molar-refractivity contribution in [2.45, 2.75) is 43.9 Å². The second kappa shape index (κ2) is 3.98. The summed E-state index contributed by atoms with van der Waals surface area (Å²) in [6, 6.07) is 0. The lowest BCUT2D eigenvalue weighted by molar-refractivity contribution is -0.00560. The Morgan fingerprint density at radius 3 is 2.21 bits per heavy atom. The van der Waals surface area contributed by atoms with E-state index in [1.165, 1.54) is 49.9 Å². The molecule has 4 aliphatic rings. The van der Waals surface area contributed by atoms with E-state index >= 15 is 0 Å². The van der Waals surface area contributed by atoms with Crippen molar-refractivity contribution >= 4 is 28.9 Å². The van der Waals surface area contributed by atoms with Gasteiger partial charge in [0.05, 0.1) is 5.56 Å². The number of thiophene rings is 1. The number of hydrogen-bond donors (Lipinski definition) is 1. The molecule has 1 aromatic heterocycles. The zero-order chi connectivity index (χ0) is 13.2. The van der Waals surface area contributed by atoms with Gasteiger partial charge in [-0.15, -0.1) is 11.3 Å². The molecule has 0 atom stereocenters. The lowest BCUT2D eigenvalue weighted by Crippen LogP contribution is -2.48. The summed E-state index contributed by atoms with van der Waals surface area (Å²) in [5.41, 5.74) is 1.58. The smallest absolute Gasteiger partial charge is 0.338 e. The molecule has 0 amide bonds. The van der Waals surface area contributed by atoms with E-state index in [1.807, 2.05) is 5.38 Å². The molecule has 5 rings (SSSR count). The topological polar surface area (TPSA) is 37.3 Å². The Hall–Kier alpha value is -0.540. The van der Waals surface area contributed by atoms with Crippen molar-refractivity contribution in [3.05, 3.63) is 20.8 Å². The van der Waals surface area contributed by atoms with Gasteiger partial charge in [0.25, 0.3) is 0 Å². The fourth-order valence-electron chi connectivity index (χ4n) is 5.36. The van der Waals surface area contributed by atoms with Gasteiger partial charge in [-0.25, -0.2) is 4.79 Å². The number of carboxylic acid groups (broad SMARTS) is 1. The molecule has 19 heavy (non-hydrogen) atoms. The molecular formula is C15H17ClO2S. The number of halogens is 1. The van der Waals surface area contributed by atoms with Crippen LogP contribution in [0.15, 0.2) is 5.38 Å². The summed E-state index contributed by atoms with van der Waals surface area (Å²) in [4.78, 5) is 11.5. The van der Waals surface area contributed by atoms with Gasteiger partial charge in [-0.1, -0.05) is 11.6 Å². The van der Waals surface area contributed by atoms with Crippen molar-refractivity contribution in [2.75, 3.05) is 0 Å². The van der Waals surface area contributed by atoms with Crippen LogP contribution in [0.5, 0.6) is 0 Å². The first kappa shape index (κ1) is 12.2. The number of aromatic carboxylic acids is 1. The Bertz CT molecular complexity index is 513. The average Bonchev–Trinajstić information content (AvgIpc) is 2.70. The fourth-order valence-corrected chi connectivity index (χ4v) is 6.58. The first-order valence-corrected chi connectivity index (χ1v) is 8.34. The van der Waals surface area contributed by atoms with Gasteiger partial charge in [0, 0.05) is 0 Å². The molecule has 4 aliphatic carbocycles. The minimum atomic E-state index is -0.850. The third kappa shape index (κ3) is 1.71. The van der Waals surface area contributed by atoms with E-state index in [4.69, 9.17) is 11.6 Å². The Labute approximate surface area is 121 Å². The van der Waals surface area contributed by atoms with Gasteiger partial charge in [0.15, 0.2) is 0 Å². The molecule has 2 nitrogen and oxygen atoms in total. The molecule has 4 bridgehead atoms. The van der Waals surface area contributed by atoms with Crippen molar-refractivity contribution in [3.63, 3.8) is 0 Å². The predicted molar refractivity (Wildman–Crippen MR) is 76.1 cm³/mol. The molecule has 0 unspecified atom stereocenters. The lowest BCUT2D eigenvalue weighted by atomic mass is 9.48. The highest BCUT2D eigenvalue weighted by Gasteiger charge is 2.53. The minimum Gasteiger partial charge on any atom is -0.478 e. The first-order chi connectivity index (χ1) is 9.07. The maximum atomic E-state index is 11.5. The van der Waals surface area contributed by atoms with Gasteiger partial charge < -0.3 is 5.11 Å². The van der Waals surface area contributed by atoms with E-state index in [9.17, 15) is 9.90 Å². The Kier molecular flexibility index (Phi) is 2.56. The van der Waals surface area contributed by atoms with Crippen LogP contribution in [0.3, 0.4) is 0 Å². The third-order valence-corrected chi connectivity index (χ3v) is 6.79. The van der Waals surface area contributed by atoms with Crippen LogP contribution in [0.25, 0.3) is 0 Å². The van der Waals surface area contributed by atoms with E-state index in [0.29, 0.717) is 9.90 Å². The molecule has 4 saturated carbocycles. The van der Waals surface area contributed by atoms with Crippen molar-refractivity contribution in [2.24, 2.45) is 17.8 Å². The van der Waals surface area contributed by atoms with Crippen LogP contribution in [-0.4, -0.2) is 11.1 Å². The van der Waals surface area contributed by atoms with E-state index in [0.717, 1.165) is 23.3 Å². The first-order valence-electron chi connectivity index (χ1n) is 7.08. The van der Waals surface area contributed by atoms with Crippen molar-refractivity contribution in [1.29, 1.82) is 0 Å². The van der Waals surface area contributed by atoms with Crippen LogP contribution in [0, 0.1) is 17.8 Å². The molecule has 0 spiro atoms. The maximum Gasteiger partial charge on any atom is 0.338 e. The Morgan fingerprint density at radius 2 is 1.74 bits per heavy atom. The monoisotopic (exact) mass is 296 g/mol. The number of carbonyl (C=O) groups is 1. The van der Waals surface area contributed by atoms with Gasteiger partial charge in [-0.2, -0.15) is 0 Å². The number of carboxylic acids is 1. The molecule has 102 valence electrons. The average molecular weight is 297 g/mol. The largest absolute Gasteiger partial charge is 0.478 e. The number of rotatable bonds is 2. The molecule has 4 fully saturated rings. The minimum absolute atomic E-state index is 0.131. The molecule has 4 heteroatoms. The standard InChI is InChI=1S/C15H17ClO2S/c16-13-12(14(17)18)11(7-19-13)15-4-8-1-9(5-15)3-10(2-8)6-15/h7-10H,1-6H2,(H,17,18). The summed E-state index contributed by atoms with van der Waals surface area (Å²) < 4.78 is 0.457. The highest BCUT2D eigenvalue weighted by Crippen LogP contribution is 2.61. The maximum absolute atomic E-state index is 11.5. The summed E-state index contributed by atoms with van der Waals surface area (Å²) in [7, 11) is 0. The Morgan fingerprint density at radius 1 is 1.21 bits per heavy atom. The molecule has 0 radical (unpaired) electrons. The van der Waals surface area contributed by atoms with Gasteiger partial charge in [0.2, 0.25) is 0 Å². The van der Waals surface area contributed by atoms with Crippen LogP contribution >= 0.6 is 22.9 Å². The summed E-state index contributed by atoms with van der Waals surface area (Å²) >= 11 is 7.51. The highest BCUT2D eigenvalue weighted by molar-refractivity contribution is 7.15. The van der Waals surface area contributed by atoms with Crippen molar-refractivity contribution in [3.8, 4) is 0 Å². The second-order valence-electron chi connectivity index (χ2n) is 6.80. The van der Waals surface area contributed by atoms with Gasteiger partial charge in [-0.3, -0.25) is 0 Å². The van der Waals surface area contributed by atoms with E-state index in [-0.39, 0.29) is 5.41 Å². The molecule has 0 saturated heterocycles. The van der Waals surface area contributed by atoms with Crippen LogP contribution in [0.1, 0.15) is 54.4 Å². The summed E-state index contributed by atoms with van der Waals surface area (Å²) in [5, 5.41) is 11.5. The molecule has 1 heterocycles. The number of hydrogen-bond acceptors (Lipinski definition) is 2. The lowest BCUT2D eigenvalue weighted by Gasteiger charge is -2.57. The van der Waals surface area contributed by atoms with E-state index in [1.54, 1.807) is 0 Å².